The molecule has 0 aliphatic carbocycles. The SMILES string of the molecule is CC(=O)Nc1cccc(NC(=O)CCN(C)CC[C@@H]2CCCCO2)c1. The Hall–Kier alpha value is -1.92. The van der Waals surface area contributed by atoms with Crippen molar-refractivity contribution in [1.29, 1.82) is 0 Å². The monoisotopic (exact) mass is 347 g/mol. The third kappa shape index (κ3) is 7.67. The van der Waals surface area contributed by atoms with Gasteiger partial charge in [-0.3, -0.25) is 9.59 Å². The van der Waals surface area contributed by atoms with Gasteiger partial charge < -0.3 is 20.3 Å². The van der Waals surface area contributed by atoms with E-state index in [1.165, 1.54) is 19.8 Å². The van der Waals surface area contributed by atoms with Gasteiger partial charge in [-0.15, -0.1) is 0 Å². The molecule has 0 aromatic heterocycles. The number of carbonyl (C=O) groups excluding carboxylic acids is 2. The summed E-state index contributed by atoms with van der Waals surface area (Å²) in [5.41, 5.74) is 1.37. The van der Waals surface area contributed by atoms with Crippen molar-refractivity contribution in [1.82, 2.24) is 4.90 Å². The van der Waals surface area contributed by atoms with Crippen LogP contribution in [0.2, 0.25) is 0 Å². The summed E-state index contributed by atoms with van der Waals surface area (Å²) in [6.45, 7) is 3.99. The van der Waals surface area contributed by atoms with Crippen LogP contribution in [-0.2, 0) is 14.3 Å². The molecule has 1 atom stereocenters. The fourth-order valence-electron chi connectivity index (χ4n) is 2.91. The predicted molar refractivity (Wildman–Crippen MR) is 99.7 cm³/mol. The van der Waals surface area contributed by atoms with Gasteiger partial charge in [0.1, 0.15) is 0 Å². The fourth-order valence-corrected chi connectivity index (χ4v) is 2.91. The second-order valence-corrected chi connectivity index (χ2v) is 6.64. The minimum absolute atomic E-state index is 0.0271. The van der Waals surface area contributed by atoms with Crippen molar-refractivity contribution in [3.8, 4) is 0 Å². The van der Waals surface area contributed by atoms with Crippen molar-refractivity contribution < 1.29 is 14.3 Å². The number of rotatable bonds is 8. The Labute approximate surface area is 149 Å². The van der Waals surface area contributed by atoms with Crippen LogP contribution < -0.4 is 10.6 Å². The molecule has 1 fully saturated rings. The summed E-state index contributed by atoms with van der Waals surface area (Å²) in [7, 11) is 2.04. The number of nitrogens with zero attached hydrogens (tertiary/aromatic N) is 1. The molecule has 138 valence electrons. The molecule has 0 unspecified atom stereocenters. The Bertz CT molecular complexity index is 571. The van der Waals surface area contributed by atoms with Crippen molar-refractivity contribution in [3.05, 3.63) is 24.3 Å². The highest BCUT2D eigenvalue weighted by molar-refractivity contribution is 5.93. The van der Waals surface area contributed by atoms with Crippen molar-refractivity contribution in [2.45, 2.75) is 45.1 Å². The first-order valence-electron chi connectivity index (χ1n) is 9.00. The standard InChI is InChI=1S/C19H29N3O3/c1-15(23)20-16-6-5-7-17(14-16)21-19(24)10-12-22(2)11-9-18-8-3-4-13-25-18/h5-7,14,18H,3-4,8-13H2,1-2H3,(H,20,23)(H,21,24)/t18-/m0/s1. The topological polar surface area (TPSA) is 70.7 Å². The number of amides is 2. The molecular weight excluding hydrogens is 318 g/mol. The molecule has 2 amide bonds. The lowest BCUT2D eigenvalue weighted by Crippen LogP contribution is -2.29. The zero-order chi connectivity index (χ0) is 18.1. The normalized spacial score (nSPS) is 17.3. The minimum atomic E-state index is -0.132. The third-order valence-electron chi connectivity index (χ3n) is 4.29. The van der Waals surface area contributed by atoms with E-state index in [1.54, 1.807) is 18.2 Å². The summed E-state index contributed by atoms with van der Waals surface area (Å²) in [5, 5.41) is 5.58. The quantitative estimate of drug-likeness (QED) is 0.759. The summed E-state index contributed by atoms with van der Waals surface area (Å²) in [6, 6.07) is 7.16. The molecule has 0 radical (unpaired) electrons. The van der Waals surface area contributed by atoms with Crippen LogP contribution in [-0.4, -0.2) is 49.6 Å². The number of anilines is 2. The second kappa shape index (κ2) is 10.2. The number of ether oxygens (including phenoxy) is 1. The Balaban J connectivity index is 1.68. The lowest BCUT2D eigenvalue weighted by atomic mass is 10.1. The second-order valence-electron chi connectivity index (χ2n) is 6.64. The molecule has 1 aromatic rings. The van der Waals surface area contributed by atoms with Crippen molar-refractivity contribution in [2.24, 2.45) is 0 Å². The number of nitrogens with one attached hydrogen (secondary N) is 2. The van der Waals surface area contributed by atoms with Crippen LogP contribution in [0, 0.1) is 0 Å². The van der Waals surface area contributed by atoms with E-state index in [9.17, 15) is 9.59 Å². The van der Waals surface area contributed by atoms with Crippen LogP contribution in [0.25, 0.3) is 0 Å². The first kappa shape index (κ1) is 19.4. The molecule has 25 heavy (non-hydrogen) atoms. The Morgan fingerprint density at radius 3 is 2.64 bits per heavy atom. The van der Waals surface area contributed by atoms with E-state index < -0.39 is 0 Å². The van der Waals surface area contributed by atoms with E-state index >= 15 is 0 Å². The maximum absolute atomic E-state index is 12.1. The van der Waals surface area contributed by atoms with Gasteiger partial charge in [-0.25, -0.2) is 0 Å². The van der Waals surface area contributed by atoms with Gasteiger partial charge in [0.2, 0.25) is 11.8 Å². The zero-order valence-electron chi connectivity index (χ0n) is 15.2. The lowest BCUT2D eigenvalue weighted by molar-refractivity contribution is -0.116. The van der Waals surface area contributed by atoms with Gasteiger partial charge in [-0.2, -0.15) is 0 Å². The average Bonchev–Trinajstić information content (AvgIpc) is 2.59. The highest BCUT2D eigenvalue weighted by Gasteiger charge is 2.14. The van der Waals surface area contributed by atoms with Gasteiger partial charge in [0.05, 0.1) is 6.10 Å². The molecule has 2 N–H and O–H groups in total. The van der Waals surface area contributed by atoms with Gasteiger partial charge in [-0.1, -0.05) is 6.07 Å². The first-order valence-corrected chi connectivity index (χ1v) is 9.00. The van der Waals surface area contributed by atoms with Crippen LogP contribution in [0.15, 0.2) is 24.3 Å². The molecule has 6 nitrogen and oxygen atoms in total. The van der Waals surface area contributed by atoms with Crippen LogP contribution >= 0.6 is 0 Å². The van der Waals surface area contributed by atoms with Crippen LogP contribution in [0.1, 0.15) is 39.0 Å². The zero-order valence-corrected chi connectivity index (χ0v) is 15.2. The van der Waals surface area contributed by atoms with Gasteiger partial charge in [0.15, 0.2) is 0 Å². The van der Waals surface area contributed by atoms with Gasteiger partial charge in [-0.05, 0) is 50.9 Å². The van der Waals surface area contributed by atoms with E-state index in [4.69, 9.17) is 4.74 Å². The molecule has 1 heterocycles. The van der Waals surface area contributed by atoms with Crippen LogP contribution in [0.3, 0.4) is 0 Å². The molecule has 2 rings (SSSR count). The first-order chi connectivity index (χ1) is 12.0. The maximum Gasteiger partial charge on any atom is 0.225 e. The Morgan fingerprint density at radius 1 is 1.20 bits per heavy atom. The number of benzene rings is 1. The highest BCUT2D eigenvalue weighted by Crippen LogP contribution is 2.16. The third-order valence-corrected chi connectivity index (χ3v) is 4.29. The molecule has 0 saturated carbocycles. The van der Waals surface area contributed by atoms with Crippen molar-refractivity contribution in [3.63, 3.8) is 0 Å². The molecular formula is C19H29N3O3. The van der Waals surface area contributed by atoms with Gasteiger partial charge >= 0.3 is 0 Å². The molecule has 0 spiro atoms. The molecule has 1 aliphatic rings. The fraction of sp³-hybridized carbons (Fsp3) is 0.579. The van der Waals surface area contributed by atoms with Gasteiger partial charge in [0, 0.05) is 44.4 Å². The van der Waals surface area contributed by atoms with Crippen LogP contribution in [0.5, 0.6) is 0 Å². The summed E-state index contributed by atoms with van der Waals surface area (Å²) in [6.07, 6.45) is 5.42. The molecule has 0 bridgehead atoms. The molecule has 6 heteroatoms. The summed E-state index contributed by atoms with van der Waals surface area (Å²) < 4.78 is 5.74. The average molecular weight is 347 g/mol. The van der Waals surface area contributed by atoms with E-state index in [0.717, 1.165) is 26.0 Å². The molecule has 1 aromatic carbocycles. The molecule has 1 aliphatic heterocycles. The van der Waals surface area contributed by atoms with Gasteiger partial charge in [0.25, 0.3) is 0 Å². The smallest absolute Gasteiger partial charge is 0.225 e. The number of hydrogen-bond donors (Lipinski definition) is 2. The highest BCUT2D eigenvalue weighted by atomic mass is 16.5. The van der Waals surface area contributed by atoms with E-state index in [1.807, 2.05) is 13.1 Å². The van der Waals surface area contributed by atoms with E-state index in [-0.39, 0.29) is 11.8 Å². The Morgan fingerprint density at radius 2 is 1.96 bits per heavy atom. The predicted octanol–water partition coefficient (Wildman–Crippen LogP) is 2.86. The minimum Gasteiger partial charge on any atom is -0.378 e. The van der Waals surface area contributed by atoms with Crippen molar-refractivity contribution in [2.75, 3.05) is 37.4 Å². The number of hydrogen-bond acceptors (Lipinski definition) is 4. The molecule has 1 saturated heterocycles. The van der Waals surface area contributed by atoms with Crippen molar-refractivity contribution >= 4 is 23.2 Å². The van der Waals surface area contributed by atoms with E-state index in [0.29, 0.717) is 30.4 Å². The summed E-state index contributed by atoms with van der Waals surface area (Å²) in [5.74, 6) is -0.159. The number of carbonyl (C=O) groups is 2. The lowest BCUT2D eigenvalue weighted by Gasteiger charge is -2.25. The summed E-state index contributed by atoms with van der Waals surface area (Å²) >= 11 is 0. The van der Waals surface area contributed by atoms with Crippen LogP contribution in [0.4, 0.5) is 11.4 Å². The summed E-state index contributed by atoms with van der Waals surface area (Å²) in [4.78, 5) is 25.4. The Kier molecular flexibility index (Phi) is 7.88. The largest absolute Gasteiger partial charge is 0.378 e. The van der Waals surface area contributed by atoms with E-state index in [2.05, 4.69) is 15.5 Å². The maximum atomic E-state index is 12.1.